The molecule has 0 amide bonds. The third-order valence-electron chi connectivity index (χ3n) is 4.93. The molecule has 4 aromatic rings. The Morgan fingerprint density at radius 1 is 1.12 bits per heavy atom. The van der Waals surface area contributed by atoms with Crippen LogP contribution in [0.1, 0.15) is 22.9 Å². The number of halogens is 1. The lowest BCUT2D eigenvalue weighted by molar-refractivity contribution is 0.528. The van der Waals surface area contributed by atoms with Gasteiger partial charge in [-0.05, 0) is 42.3 Å². The number of benzene rings is 2. The predicted octanol–water partition coefficient (Wildman–Crippen LogP) is 4.16. The lowest BCUT2D eigenvalue weighted by Crippen LogP contribution is -2.33. The molecule has 3 heterocycles. The highest BCUT2D eigenvalue weighted by molar-refractivity contribution is 6.31. The number of rotatable bonds is 1. The summed E-state index contributed by atoms with van der Waals surface area (Å²) in [5.41, 5.74) is 4.50. The van der Waals surface area contributed by atoms with E-state index < -0.39 is 0 Å². The maximum Gasteiger partial charge on any atom is 0.197 e. The third-order valence-corrected chi connectivity index (χ3v) is 5.17. The molecule has 0 bridgehead atoms. The number of hydrogen-bond donors (Lipinski definition) is 2. The quantitative estimate of drug-likeness (QED) is 0.542. The molecular formula is C20H15ClN2O2. The SMILES string of the molecule is O=c1c(C2NCCc3c2[nH]c2ccc(Cl)cc32)coc2ccccc12. The van der Waals surface area contributed by atoms with E-state index in [0.717, 1.165) is 34.6 Å². The third kappa shape index (κ3) is 2.22. The summed E-state index contributed by atoms with van der Waals surface area (Å²) in [6.45, 7) is 0.795. The molecule has 2 aromatic carbocycles. The molecule has 2 N–H and O–H groups in total. The van der Waals surface area contributed by atoms with Crippen LogP contribution in [-0.4, -0.2) is 11.5 Å². The number of nitrogens with one attached hydrogen (secondary N) is 2. The van der Waals surface area contributed by atoms with Gasteiger partial charge >= 0.3 is 0 Å². The van der Waals surface area contributed by atoms with Gasteiger partial charge in [0.1, 0.15) is 11.8 Å². The van der Waals surface area contributed by atoms with Crippen LogP contribution in [0, 0.1) is 0 Å². The Bertz CT molecular complexity index is 1180. The average Bonchev–Trinajstić information content (AvgIpc) is 3.00. The minimum atomic E-state index is -0.212. The number of hydrogen-bond acceptors (Lipinski definition) is 3. The number of aromatic amines is 1. The van der Waals surface area contributed by atoms with Crippen LogP contribution in [-0.2, 0) is 6.42 Å². The van der Waals surface area contributed by atoms with Crippen molar-refractivity contribution in [1.82, 2.24) is 10.3 Å². The van der Waals surface area contributed by atoms with E-state index in [1.807, 2.05) is 36.4 Å². The maximum atomic E-state index is 13.0. The van der Waals surface area contributed by atoms with E-state index in [9.17, 15) is 4.79 Å². The second-order valence-electron chi connectivity index (χ2n) is 6.36. The van der Waals surface area contributed by atoms with Crippen LogP contribution >= 0.6 is 11.6 Å². The van der Waals surface area contributed by atoms with E-state index >= 15 is 0 Å². The molecule has 1 aliphatic rings. The number of H-pyrrole nitrogens is 1. The van der Waals surface area contributed by atoms with Crippen LogP contribution in [0.2, 0.25) is 5.02 Å². The molecule has 1 unspecified atom stereocenters. The van der Waals surface area contributed by atoms with Crippen LogP contribution in [0.4, 0.5) is 0 Å². The minimum absolute atomic E-state index is 0.00360. The summed E-state index contributed by atoms with van der Waals surface area (Å²) >= 11 is 6.17. The molecule has 5 rings (SSSR count). The molecule has 5 heteroatoms. The first kappa shape index (κ1) is 14.8. The molecule has 0 aliphatic carbocycles. The second-order valence-corrected chi connectivity index (χ2v) is 6.80. The Kier molecular flexibility index (Phi) is 3.23. The van der Waals surface area contributed by atoms with Gasteiger partial charge in [-0.3, -0.25) is 4.79 Å². The highest BCUT2D eigenvalue weighted by atomic mass is 35.5. The van der Waals surface area contributed by atoms with Gasteiger partial charge in [0.25, 0.3) is 0 Å². The molecule has 0 fully saturated rings. The van der Waals surface area contributed by atoms with Crippen molar-refractivity contribution in [3.63, 3.8) is 0 Å². The van der Waals surface area contributed by atoms with Crippen molar-refractivity contribution in [3.8, 4) is 0 Å². The van der Waals surface area contributed by atoms with Crippen LogP contribution in [0.15, 0.2) is 57.9 Å². The standard InChI is InChI=1S/C20H15ClN2O2/c21-11-5-6-16-14(9-11)12-7-8-22-18(19(12)23-16)15-10-25-17-4-2-1-3-13(17)20(15)24/h1-6,9-10,18,22-23H,7-8H2. The molecule has 0 saturated heterocycles. The highest BCUT2D eigenvalue weighted by Gasteiger charge is 2.28. The Morgan fingerprint density at radius 2 is 2.00 bits per heavy atom. The van der Waals surface area contributed by atoms with Gasteiger partial charge in [-0.15, -0.1) is 0 Å². The molecule has 1 atom stereocenters. The molecular weight excluding hydrogens is 336 g/mol. The predicted molar refractivity (Wildman–Crippen MR) is 99.3 cm³/mol. The first-order chi connectivity index (χ1) is 12.2. The van der Waals surface area contributed by atoms with Crippen LogP contribution in [0.5, 0.6) is 0 Å². The molecule has 0 spiro atoms. The normalized spacial score (nSPS) is 17.1. The summed E-state index contributed by atoms with van der Waals surface area (Å²) < 4.78 is 5.71. The van der Waals surface area contributed by atoms with Crippen LogP contribution < -0.4 is 10.7 Å². The van der Waals surface area contributed by atoms with Crippen molar-refractivity contribution in [2.75, 3.05) is 6.54 Å². The first-order valence-electron chi connectivity index (χ1n) is 8.26. The fourth-order valence-electron chi connectivity index (χ4n) is 3.76. The average molecular weight is 351 g/mol. The van der Waals surface area contributed by atoms with Crippen LogP contribution in [0.3, 0.4) is 0 Å². The fraction of sp³-hybridized carbons (Fsp3) is 0.150. The van der Waals surface area contributed by atoms with E-state index in [-0.39, 0.29) is 11.5 Å². The van der Waals surface area contributed by atoms with Gasteiger partial charge in [0, 0.05) is 28.2 Å². The van der Waals surface area contributed by atoms with E-state index in [1.54, 1.807) is 12.3 Å². The maximum absolute atomic E-state index is 13.0. The Morgan fingerprint density at radius 3 is 2.92 bits per heavy atom. The second kappa shape index (κ2) is 5.48. The topological polar surface area (TPSA) is 58.0 Å². The number of aromatic nitrogens is 1. The molecule has 0 saturated carbocycles. The highest BCUT2D eigenvalue weighted by Crippen LogP contribution is 2.34. The Hall–Kier alpha value is -2.56. The summed E-state index contributed by atoms with van der Waals surface area (Å²) in [6, 6.07) is 13.0. The summed E-state index contributed by atoms with van der Waals surface area (Å²) in [6.07, 6.45) is 2.47. The molecule has 4 nitrogen and oxygen atoms in total. The monoisotopic (exact) mass is 350 g/mol. The Balaban J connectivity index is 1.74. The molecule has 124 valence electrons. The van der Waals surface area contributed by atoms with E-state index in [2.05, 4.69) is 10.3 Å². The largest absolute Gasteiger partial charge is 0.464 e. The zero-order valence-electron chi connectivity index (χ0n) is 13.3. The molecule has 25 heavy (non-hydrogen) atoms. The fourth-order valence-corrected chi connectivity index (χ4v) is 3.93. The van der Waals surface area contributed by atoms with Gasteiger partial charge in [0.05, 0.1) is 17.0 Å². The number of para-hydroxylation sites is 1. The van der Waals surface area contributed by atoms with Crippen molar-refractivity contribution >= 4 is 33.5 Å². The lowest BCUT2D eigenvalue weighted by atomic mass is 9.94. The van der Waals surface area contributed by atoms with Crippen molar-refractivity contribution in [3.05, 3.63) is 80.8 Å². The summed E-state index contributed by atoms with van der Waals surface area (Å²) in [5, 5.41) is 5.89. The Labute approximate surface area is 148 Å². The smallest absolute Gasteiger partial charge is 0.197 e. The molecule has 0 radical (unpaired) electrons. The summed E-state index contributed by atoms with van der Waals surface area (Å²) in [5.74, 6) is 0. The van der Waals surface area contributed by atoms with E-state index in [4.69, 9.17) is 16.0 Å². The summed E-state index contributed by atoms with van der Waals surface area (Å²) in [4.78, 5) is 16.4. The van der Waals surface area contributed by atoms with Gasteiger partial charge < -0.3 is 14.7 Å². The molecule has 1 aliphatic heterocycles. The first-order valence-corrected chi connectivity index (χ1v) is 8.64. The zero-order chi connectivity index (χ0) is 17.0. The lowest BCUT2D eigenvalue weighted by Gasteiger charge is -2.24. The van der Waals surface area contributed by atoms with Crippen molar-refractivity contribution in [2.24, 2.45) is 0 Å². The zero-order valence-corrected chi connectivity index (χ0v) is 14.1. The molecule has 2 aromatic heterocycles. The van der Waals surface area contributed by atoms with E-state index in [0.29, 0.717) is 16.5 Å². The summed E-state index contributed by atoms with van der Waals surface area (Å²) in [7, 11) is 0. The van der Waals surface area contributed by atoms with Gasteiger partial charge in [-0.25, -0.2) is 0 Å². The van der Waals surface area contributed by atoms with Crippen LogP contribution in [0.25, 0.3) is 21.9 Å². The van der Waals surface area contributed by atoms with Gasteiger partial charge in [0.2, 0.25) is 0 Å². The number of fused-ring (bicyclic) bond motifs is 4. The van der Waals surface area contributed by atoms with Crippen molar-refractivity contribution in [2.45, 2.75) is 12.5 Å². The van der Waals surface area contributed by atoms with Gasteiger partial charge in [-0.1, -0.05) is 23.7 Å². The minimum Gasteiger partial charge on any atom is -0.464 e. The van der Waals surface area contributed by atoms with E-state index in [1.165, 1.54) is 5.56 Å². The van der Waals surface area contributed by atoms with Gasteiger partial charge in [0.15, 0.2) is 5.43 Å². The van der Waals surface area contributed by atoms with Crippen molar-refractivity contribution in [1.29, 1.82) is 0 Å². The van der Waals surface area contributed by atoms with Gasteiger partial charge in [-0.2, -0.15) is 0 Å². The van der Waals surface area contributed by atoms with Crippen molar-refractivity contribution < 1.29 is 4.42 Å².